The van der Waals surface area contributed by atoms with Crippen molar-refractivity contribution in [3.63, 3.8) is 0 Å². The number of methoxy groups -OCH3 is 2. The summed E-state index contributed by atoms with van der Waals surface area (Å²) in [4.78, 5) is 2.46. The fraction of sp³-hybridized carbons (Fsp3) is 0.333. The first-order valence-corrected chi connectivity index (χ1v) is 14.9. The summed E-state index contributed by atoms with van der Waals surface area (Å²) >= 11 is 0. The lowest BCUT2D eigenvalue weighted by Crippen LogP contribution is -2.41. The molecule has 2 heterocycles. The average molecular weight is 581 g/mol. The first-order chi connectivity index (χ1) is 21.1. The summed E-state index contributed by atoms with van der Waals surface area (Å²) in [7, 11) is 3.36. The van der Waals surface area contributed by atoms with Crippen molar-refractivity contribution in [1.29, 1.82) is 0 Å². The summed E-state index contributed by atoms with van der Waals surface area (Å²) in [6, 6.07) is 29.0. The van der Waals surface area contributed by atoms with E-state index in [1.54, 1.807) is 14.2 Å². The topological polar surface area (TPSA) is 86.4 Å². The molecular formula is C36H40N2O5. The van der Waals surface area contributed by atoms with Gasteiger partial charge in [-0.05, 0) is 63.6 Å². The summed E-state index contributed by atoms with van der Waals surface area (Å²) in [5.41, 5.74) is 14.8. The van der Waals surface area contributed by atoms with E-state index in [0.717, 1.165) is 77.4 Å². The van der Waals surface area contributed by atoms with E-state index in [2.05, 4.69) is 65.6 Å². The molecule has 3 N–H and O–H groups in total. The first kappa shape index (κ1) is 29.4. The summed E-state index contributed by atoms with van der Waals surface area (Å²) in [5, 5.41) is 9.54. The van der Waals surface area contributed by atoms with Gasteiger partial charge in [0.2, 0.25) is 0 Å². The smallest absolute Gasteiger partial charge is 0.184 e. The lowest BCUT2D eigenvalue weighted by atomic mass is 9.96. The van der Waals surface area contributed by atoms with Gasteiger partial charge in [0.1, 0.15) is 0 Å². The number of nitrogens with two attached hydrogens (primary N) is 1. The van der Waals surface area contributed by atoms with Crippen molar-refractivity contribution >= 4 is 0 Å². The van der Waals surface area contributed by atoms with Crippen LogP contribution in [0.15, 0.2) is 84.9 Å². The number of benzene rings is 4. The van der Waals surface area contributed by atoms with Crippen molar-refractivity contribution in [2.45, 2.75) is 51.0 Å². The van der Waals surface area contributed by atoms with Gasteiger partial charge >= 0.3 is 0 Å². The number of fused-ring (bicyclic) bond motifs is 1. The van der Waals surface area contributed by atoms with E-state index >= 15 is 0 Å². The zero-order chi connectivity index (χ0) is 29.8. The first-order valence-electron chi connectivity index (χ1n) is 14.9. The predicted octanol–water partition coefficient (Wildman–Crippen LogP) is 5.93. The summed E-state index contributed by atoms with van der Waals surface area (Å²) in [6.45, 7) is 3.10. The third-order valence-corrected chi connectivity index (χ3v) is 8.55. The minimum atomic E-state index is -0.493. The highest BCUT2D eigenvalue weighted by atomic mass is 16.7. The van der Waals surface area contributed by atoms with E-state index in [-0.39, 0.29) is 18.8 Å². The molecule has 6 rings (SSSR count). The van der Waals surface area contributed by atoms with E-state index in [1.807, 2.05) is 24.3 Å². The number of hydrogen-bond donors (Lipinski definition) is 2. The van der Waals surface area contributed by atoms with E-state index in [9.17, 15) is 5.11 Å². The summed E-state index contributed by atoms with van der Waals surface area (Å²) < 4.78 is 24.4. The highest BCUT2D eigenvalue weighted by Gasteiger charge is 2.34. The Morgan fingerprint density at radius 2 is 1.53 bits per heavy atom. The highest BCUT2D eigenvalue weighted by molar-refractivity contribution is 5.64. The molecule has 0 radical (unpaired) electrons. The van der Waals surface area contributed by atoms with Crippen molar-refractivity contribution in [3.05, 3.63) is 118 Å². The van der Waals surface area contributed by atoms with Crippen LogP contribution in [0.1, 0.15) is 52.2 Å². The number of aliphatic hydroxyl groups excluding tert-OH is 1. The number of nitrogens with zero attached hydrogens (tertiary/aromatic N) is 1. The van der Waals surface area contributed by atoms with Gasteiger partial charge < -0.3 is 29.8 Å². The molecule has 4 aromatic rings. The second-order valence-electron chi connectivity index (χ2n) is 11.3. The molecule has 0 saturated carbocycles. The van der Waals surface area contributed by atoms with Crippen LogP contribution >= 0.6 is 0 Å². The Balaban J connectivity index is 1.22. The third kappa shape index (κ3) is 6.61. The minimum Gasteiger partial charge on any atom is -0.493 e. The maximum atomic E-state index is 9.54. The Kier molecular flexibility index (Phi) is 9.07. The largest absolute Gasteiger partial charge is 0.493 e. The second-order valence-corrected chi connectivity index (χ2v) is 11.3. The van der Waals surface area contributed by atoms with Crippen LogP contribution in [-0.2, 0) is 35.6 Å². The van der Waals surface area contributed by atoms with Gasteiger partial charge in [0.25, 0.3) is 0 Å². The lowest BCUT2D eigenvalue weighted by molar-refractivity contribution is -0.253. The van der Waals surface area contributed by atoms with Crippen LogP contribution < -0.4 is 15.2 Å². The molecular weight excluding hydrogens is 540 g/mol. The molecule has 43 heavy (non-hydrogen) atoms. The van der Waals surface area contributed by atoms with Crippen LogP contribution in [0.5, 0.6) is 11.5 Å². The number of hydrogen-bond acceptors (Lipinski definition) is 7. The van der Waals surface area contributed by atoms with Crippen LogP contribution in [0.2, 0.25) is 0 Å². The number of rotatable bonds is 9. The Bertz CT molecular complexity index is 1520. The van der Waals surface area contributed by atoms with Gasteiger partial charge in [-0.3, -0.25) is 4.90 Å². The van der Waals surface area contributed by atoms with Gasteiger partial charge in [-0.2, -0.15) is 0 Å². The van der Waals surface area contributed by atoms with Crippen LogP contribution in [-0.4, -0.2) is 43.4 Å². The van der Waals surface area contributed by atoms with Crippen LogP contribution in [0.4, 0.5) is 0 Å². The van der Waals surface area contributed by atoms with Gasteiger partial charge in [0.15, 0.2) is 17.8 Å². The normalized spacial score (nSPS) is 20.4. The quantitative estimate of drug-likeness (QED) is 0.254. The average Bonchev–Trinajstić information content (AvgIpc) is 3.07. The van der Waals surface area contributed by atoms with Crippen LogP contribution in [0.3, 0.4) is 0 Å². The van der Waals surface area contributed by atoms with Gasteiger partial charge in [0, 0.05) is 38.2 Å². The standard InChI is InChI=1S/C36H40N2O5/c1-40-34-17-30-14-15-38(21-31(30)18-35(34)41-2)22-32-19-33(27-8-6-24(23-39)7-9-27)43-36(42-32)28-12-10-26(11-13-28)29-5-3-4-25(16-29)20-37/h3-13,16-18,32-33,36,39H,14-15,19-23,37H2,1-2H3/t32-,33+,36+/m1/s1. The van der Waals surface area contributed by atoms with E-state index < -0.39 is 6.29 Å². The molecule has 3 atom stereocenters. The minimum absolute atomic E-state index is 0.0216. The van der Waals surface area contributed by atoms with Crippen molar-refractivity contribution in [2.24, 2.45) is 5.73 Å². The Labute approximate surface area is 253 Å². The maximum Gasteiger partial charge on any atom is 0.184 e. The molecule has 2 aliphatic rings. The Morgan fingerprint density at radius 3 is 2.23 bits per heavy atom. The van der Waals surface area contributed by atoms with Gasteiger partial charge in [-0.1, -0.05) is 66.7 Å². The van der Waals surface area contributed by atoms with E-state index in [0.29, 0.717) is 6.54 Å². The molecule has 0 aromatic heterocycles. The predicted molar refractivity (Wildman–Crippen MR) is 167 cm³/mol. The van der Waals surface area contributed by atoms with Crippen molar-refractivity contribution in [2.75, 3.05) is 27.3 Å². The van der Waals surface area contributed by atoms with Crippen LogP contribution in [0.25, 0.3) is 11.1 Å². The molecule has 1 saturated heterocycles. The van der Waals surface area contributed by atoms with Crippen molar-refractivity contribution in [3.8, 4) is 22.6 Å². The van der Waals surface area contributed by atoms with Crippen molar-refractivity contribution in [1.82, 2.24) is 4.90 Å². The SMILES string of the molecule is COc1cc2c(cc1OC)CN(C[C@H]1C[C@@H](c3ccc(CO)cc3)O[C@@H](c3ccc(-c4cccc(CN)c4)cc3)O1)CC2. The molecule has 224 valence electrons. The van der Waals surface area contributed by atoms with Gasteiger partial charge in [-0.15, -0.1) is 0 Å². The molecule has 7 nitrogen and oxygen atoms in total. The fourth-order valence-corrected chi connectivity index (χ4v) is 6.13. The van der Waals surface area contributed by atoms with Gasteiger partial charge in [0.05, 0.1) is 33.0 Å². The second kappa shape index (κ2) is 13.3. The number of ether oxygens (including phenoxy) is 4. The molecule has 4 aromatic carbocycles. The van der Waals surface area contributed by atoms with Crippen LogP contribution in [0, 0.1) is 0 Å². The maximum absolute atomic E-state index is 9.54. The molecule has 1 fully saturated rings. The molecule has 0 aliphatic carbocycles. The third-order valence-electron chi connectivity index (χ3n) is 8.55. The van der Waals surface area contributed by atoms with E-state index in [1.165, 1.54) is 11.1 Å². The van der Waals surface area contributed by atoms with E-state index in [4.69, 9.17) is 24.7 Å². The molecule has 0 spiro atoms. The molecule has 7 heteroatoms. The molecule has 0 amide bonds. The zero-order valence-corrected chi connectivity index (χ0v) is 24.9. The Hall–Kier alpha value is -3.72. The number of aliphatic hydroxyl groups is 1. The molecule has 0 unspecified atom stereocenters. The summed E-state index contributed by atoms with van der Waals surface area (Å²) in [6.07, 6.45) is 1.05. The molecule has 2 aliphatic heterocycles. The zero-order valence-electron chi connectivity index (χ0n) is 24.9. The van der Waals surface area contributed by atoms with Crippen molar-refractivity contribution < 1.29 is 24.1 Å². The molecule has 0 bridgehead atoms. The highest BCUT2D eigenvalue weighted by Crippen LogP contribution is 2.39. The lowest BCUT2D eigenvalue weighted by Gasteiger charge is -2.39. The van der Waals surface area contributed by atoms with Gasteiger partial charge in [-0.25, -0.2) is 0 Å². The fourth-order valence-electron chi connectivity index (χ4n) is 6.13. The Morgan fingerprint density at radius 1 is 0.814 bits per heavy atom. The summed E-state index contributed by atoms with van der Waals surface area (Å²) in [5.74, 6) is 1.54. The monoisotopic (exact) mass is 580 g/mol.